The largest absolute Gasteiger partial charge is 0.481 e. The van der Waals surface area contributed by atoms with Gasteiger partial charge in [-0.05, 0) is 11.6 Å². The van der Waals surface area contributed by atoms with Crippen LogP contribution in [-0.2, 0) is 11.2 Å². The molecule has 0 atom stereocenters. The van der Waals surface area contributed by atoms with E-state index < -0.39 is 12.4 Å². The summed E-state index contributed by atoms with van der Waals surface area (Å²) in [6.07, 6.45) is 0.891. The number of hydrogen-bond donors (Lipinski definition) is 1. The van der Waals surface area contributed by atoms with Gasteiger partial charge in [0.15, 0.2) is 0 Å². The normalized spacial score (nSPS) is 11.2. The van der Waals surface area contributed by atoms with E-state index in [0.29, 0.717) is 5.56 Å². The molecule has 1 heterocycles. The minimum Gasteiger partial charge on any atom is -0.481 e. The number of rotatable bonds is 4. The second-order valence-electron chi connectivity index (χ2n) is 6.19. The van der Waals surface area contributed by atoms with Crippen LogP contribution in [0.4, 0.5) is 0 Å². The second-order valence-corrected chi connectivity index (χ2v) is 9.97. The van der Waals surface area contributed by atoms with Crippen LogP contribution in [0, 0.1) is 0 Å². The Morgan fingerprint density at radius 3 is 1.44 bits per heavy atom. The molecule has 13 heteroatoms. The van der Waals surface area contributed by atoms with Crippen LogP contribution in [0.5, 0.6) is 0 Å². The molecular weight excluding hydrogens is 629 g/mol. The number of nitrogens with zero attached hydrogens (tertiary/aromatic N) is 1. The Hall–Kier alpha value is -0.0400. The van der Waals surface area contributed by atoms with Crippen molar-refractivity contribution in [3.63, 3.8) is 0 Å². The fourth-order valence-electron chi connectivity index (χ4n) is 2.84. The van der Waals surface area contributed by atoms with E-state index in [2.05, 4.69) is 4.98 Å². The fourth-order valence-corrected chi connectivity index (χ4v) is 5.51. The van der Waals surface area contributed by atoms with Crippen molar-refractivity contribution < 1.29 is 9.90 Å². The molecule has 0 fully saturated rings. The number of aliphatic carboxylic acids is 1. The summed E-state index contributed by atoms with van der Waals surface area (Å²) >= 11 is 62.1. The quantitative estimate of drug-likeness (QED) is 0.230. The molecule has 0 radical (unpaired) electrons. The Bertz CT molecular complexity index is 1230. The maximum atomic E-state index is 11.6. The molecule has 3 nitrogen and oxygen atoms in total. The summed E-state index contributed by atoms with van der Waals surface area (Å²) in [5.74, 6) is -1.16. The van der Waals surface area contributed by atoms with Crippen LogP contribution in [0.3, 0.4) is 0 Å². The Morgan fingerprint density at radius 1 is 0.656 bits per heavy atom. The Balaban J connectivity index is 2.36. The highest BCUT2D eigenvalue weighted by atomic mass is 35.5. The molecule has 3 aromatic rings. The van der Waals surface area contributed by atoms with Gasteiger partial charge in [0, 0.05) is 22.9 Å². The van der Waals surface area contributed by atoms with E-state index in [1.165, 1.54) is 12.3 Å². The molecule has 0 aliphatic carbocycles. The van der Waals surface area contributed by atoms with Crippen molar-refractivity contribution in [2.24, 2.45) is 0 Å². The van der Waals surface area contributed by atoms with Gasteiger partial charge in [-0.1, -0.05) is 116 Å². The molecule has 32 heavy (non-hydrogen) atoms. The summed E-state index contributed by atoms with van der Waals surface area (Å²) in [6.45, 7) is 0. The van der Waals surface area contributed by atoms with Gasteiger partial charge in [-0.25, -0.2) is 0 Å². The lowest BCUT2D eigenvalue weighted by Gasteiger charge is -2.17. The molecule has 1 N–H and O–H groups in total. The van der Waals surface area contributed by atoms with Crippen LogP contribution in [-0.4, -0.2) is 16.1 Å². The summed E-state index contributed by atoms with van der Waals surface area (Å²) in [5, 5.41) is 9.12. The van der Waals surface area contributed by atoms with Crippen molar-refractivity contribution in [3.05, 3.63) is 68.1 Å². The van der Waals surface area contributed by atoms with Gasteiger partial charge in [0.05, 0.1) is 62.3 Å². The van der Waals surface area contributed by atoms with Gasteiger partial charge in [-0.2, -0.15) is 0 Å². The number of pyridine rings is 1. The van der Waals surface area contributed by atoms with E-state index in [1.54, 1.807) is 0 Å². The minimum absolute atomic E-state index is 0.00976. The van der Waals surface area contributed by atoms with Crippen molar-refractivity contribution in [3.8, 4) is 22.4 Å². The highest BCUT2D eigenvalue weighted by Gasteiger charge is 2.26. The summed E-state index contributed by atoms with van der Waals surface area (Å²) < 4.78 is 0. The molecular formula is C19H5Cl10NO2. The molecule has 0 aliphatic heterocycles. The van der Waals surface area contributed by atoms with Crippen molar-refractivity contribution in [2.75, 3.05) is 0 Å². The predicted octanol–water partition coefficient (Wildman–Crippen LogP) is 10.6. The van der Waals surface area contributed by atoms with E-state index in [9.17, 15) is 9.90 Å². The number of benzene rings is 2. The summed E-state index contributed by atoms with van der Waals surface area (Å²) in [6, 6.07) is 1.48. The van der Waals surface area contributed by atoms with E-state index in [0.717, 1.165) is 0 Å². The zero-order valence-corrected chi connectivity index (χ0v) is 22.5. The molecule has 0 saturated carbocycles. The number of hydrogen-bond acceptors (Lipinski definition) is 2. The van der Waals surface area contributed by atoms with Gasteiger partial charge in [-0.3, -0.25) is 9.78 Å². The average molecular weight is 634 g/mol. The highest BCUT2D eigenvalue weighted by molar-refractivity contribution is 6.57. The molecule has 0 bridgehead atoms. The molecule has 1 aromatic heterocycles. The van der Waals surface area contributed by atoms with Crippen molar-refractivity contribution in [2.45, 2.75) is 6.42 Å². The molecule has 0 aliphatic rings. The van der Waals surface area contributed by atoms with E-state index in [-0.39, 0.29) is 72.6 Å². The first kappa shape index (κ1) is 26.6. The number of carboxylic acids is 1. The van der Waals surface area contributed by atoms with Crippen molar-refractivity contribution in [1.29, 1.82) is 0 Å². The second kappa shape index (κ2) is 10.3. The van der Waals surface area contributed by atoms with Gasteiger partial charge in [0.2, 0.25) is 0 Å². The monoisotopic (exact) mass is 629 g/mol. The summed E-state index contributed by atoms with van der Waals surface area (Å²) in [7, 11) is 0. The third-order valence-electron chi connectivity index (χ3n) is 4.25. The molecule has 0 saturated heterocycles. The SMILES string of the molecule is O=C(O)Cc1cc(-c2c(Cl)c(Cl)c(Cl)c(Cl)c2Cl)cnc1-c1c(Cl)c(Cl)c(Cl)c(Cl)c1Cl. The van der Waals surface area contributed by atoms with Crippen LogP contribution >= 0.6 is 116 Å². The number of halogens is 10. The first-order chi connectivity index (χ1) is 14.9. The van der Waals surface area contributed by atoms with Gasteiger partial charge in [0.25, 0.3) is 0 Å². The van der Waals surface area contributed by atoms with Crippen molar-refractivity contribution >= 4 is 122 Å². The lowest BCUT2D eigenvalue weighted by molar-refractivity contribution is -0.136. The molecule has 3 rings (SSSR count). The topological polar surface area (TPSA) is 50.2 Å². The Labute approximate surface area is 231 Å². The molecule has 2 aromatic carbocycles. The third-order valence-corrected chi connectivity index (χ3v) is 8.81. The standard InChI is InChI=1S/C19H5Cl10NO2/c20-9-7(10(21)14(25)17(28)13(9)24)5-1-4(2-6(31)32)19(30-3-5)8-11(22)15(26)18(29)16(27)12(8)23/h1,3H,2H2,(H,31,32). The maximum absolute atomic E-state index is 11.6. The van der Waals surface area contributed by atoms with Crippen LogP contribution in [0.25, 0.3) is 22.4 Å². The average Bonchev–Trinajstić information content (AvgIpc) is 2.74. The Kier molecular flexibility index (Phi) is 8.54. The zero-order chi connectivity index (χ0) is 24.1. The fraction of sp³-hybridized carbons (Fsp3) is 0.0526. The van der Waals surface area contributed by atoms with Gasteiger partial charge >= 0.3 is 5.97 Å². The minimum atomic E-state index is -1.16. The lowest BCUT2D eigenvalue weighted by atomic mass is 9.98. The summed E-state index contributed by atoms with van der Waals surface area (Å²) in [5.41, 5.74) is 0.953. The predicted molar refractivity (Wildman–Crippen MR) is 137 cm³/mol. The van der Waals surface area contributed by atoms with E-state index in [4.69, 9.17) is 116 Å². The molecule has 0 unspecified atom stereocenters. The Morgan fingerprint density at radius 2 is 1.03 bits per heavy atom. The maximum Gasteiger partial charge on any atom is 0.307 e. The van der Waals surface area contributed by atoms with E-state index >= 15 is 0 Å². The van der Waals surface area contributed by atoms with Crippen LogP contribution < -0.4 is 0 Å². The number of carbonyl (C=O) groups is 1. The van der Waals surface area contributed by atoms with Gasteiger partial charge in [0.1, 0.15) is 0 Å². The lowest BCUT2D eigenvalue weighted by Crippen LogP contribution is -2.05. The van der Waals surface area contributed by atoms with Gasteiger partial charge in [-0.15, -0.1) is 0 Å². The smallest absolute Gasteiger partial charge is 0.307 e. The molecule has 0 spiro atoms. The molecule has 0 amide bonds. The van der Waals surface area contributed by atoms with Crippen molar-refractivity contribution in [1.82, 2.24) is 4.98 Å². The zero-order valence-electron chi connectivity index (χ0n) is 14.9. The van der Waals surface area contributed by atoms with Crippen LogP contribution in [0.1, 0.15) is 5.56 Å². The summed E-state index contributed by atoms with van der Waals surface area (Å²) in [4.78, 5) is 15.9. The highest BCUT2D eigenvalue weighted by Crippen LogP contribution is 2.51. The van der Waals surface area contributed by atoms with Gasteiger partial charge < -0.3 is 5.11 Å². The van der Waals surface area contributed by atoms with Crippen LogP contribution in [0.2, 0.25) is 50.2 Å². The third kappa shape index (κ3) is 4.72. The van der Waals surface area contributed by atoms with Crippen LogP contribution in [0.15, 0.2) is 12.3 Å². The molecule has 168 valence electrons. The first-order valence-corrected chi connectivity index (χ1v) is 11.9. The number of aromatic nitrogens is 1. The first-order valence-electron chi connectivity index (χ1n) is 8.12. The van der Waals surface area contributed by atoms with E-state index in [1.807, 2.05) is 0 Å². The number of carboxylic acid groups (broad SMARTS) is 1.